The molecule has 0 heterocycles. The predicted molar refractivity (Wildman–Crippen MR) is 96.5 cm³/mol. The zero-order valence-electron chi connectivity index (χ0n) is 14.6. The Kier molecular flexibility index (Phi) is 7.73. The van der Waals surface area contributed by atoms with Gasteiger partial charge in [0, 0.05) is 12.5 Å². The van der Waals surface area contributed by atoms with Crippen LogP contribution < -0.4 is 0 Å². The van der Waals surface area contributed by atoms with Gasteiger partial charge in [-0.1, -0.05) is 36.0 Å². The number of hydrogen-bond acceptors (Lipinski definition) is 3. The van der Waals surface area contributed by atoms with Crippen LogP contribution in [0.1, 0.15) is 58.3 Å². The van der Waals surface area contributed by atoms with E-state index in [1.54, 1.807) is 13.0 Å². The van der Waals surface area contributed by atoms with Gasteiger partial charge in [0.2, 0.25) is 0 Å². The zero-order chi connectivity index (χ0) is 17.2. The SMILES string of the molecule is CCOC(=O)/C=C/C=C/C=C/CCCC1CC(=O)C2=C1CCCC2. The summed E-state index contributed by atoms with van der Waals surface area (Å²) in [4.78, 5) is 23.1. The molecule has 0 saturated carbocycles. The van der Waals surface area contributed by atoms with E-state index in [4.69, 9.17) is 4.74 Å². The largest absolute Gasteiger partial charge is 0.463 e. The molecular weight excluding hydrogens is 300 g/mol. The number of Topliss-reactive ketones (excluding diaryl/α,β-unsaturated/α-hetero) is 1. The lowest BCUT2D eigenvalue weighted by Gasteiger charge is -2.18. The summed E-state index contributed by atoms with van der Waals surface area (Å²) in [5.74, 6) is 0.624. The van der Waals surface area contributed by atoms with Crippen LogP contribution in [-0.2, 0) is 14.3 Å². The van der Waals surface area contributed by atoms with E-state index >= 15 is 0 Å². The summed E-state index contributed by atoms with van der Waals surface area (Å²) in [7, 11) is 0. The number of carbonyl (C=O) groups is 2. The van der Waals surface area contributed by atoms with Crippen molar-refractivity contribution in [3.05, 3.63) is 47.6 Å². The van der Waals surface area contributed by atoms with Crippen LogP contribution in [0.3, 0.4) is 0 Å². The van der Waals surface area contributed by atoms with Crippen molar-refractivity contribution in [1.82, 2.24) is 0 Å². The molecule has 0 N–H and O–H groups in total. The predicted octanol–water partition coefficient (Wildman–Crippen LogP) is 4.85. The number of esters is 1. The average molecular weight is 328 g/mol. The first kappa shape index (κ1) is 18.4. The molecule has 130 valence electrons. The second-order valence-corrected chi connectivity index (χ2v) is 6.39. The highest BCUT2D eigenvalue weighted by Crippen LogP contribution is 2.41. The molecule has 0 aromatic rings. The molecule has 0 spiro atoms. The highest BCUT2D eigenvalue weighted by Gasteiger charge is 2.32. The van der Waals surface area contributed by atoms with Gasteiger partial charge >= 0.3 is 5.97 Å². The molecule has 2 rings (SSSR count). The molecule has 2 aliphatic carbocycles. The van der Waals surface area contributed by atoms with E-state index in [0.717, 1.165) is 38.5 Å². The maximum Gasteiger partial charge on any atom is 0.330 e. The van der Waals surface area contributed by atoms with Crippen molar-refractivity contribution in [2.24, 2.45) is 5.92 Å². The summed E-state index contributed by atoms with van der Waals surface area (Å²) in [6, 6.07) is 0. The minimum absolute atomic E-state index is 0.311. The monoisotopic (exact) mass is 328 g/mol. The van der Waals surface area contributed by atoms with Gasteiger partial charge in [0.05, 0.1) is 6.61 Å². The van der Waals surface area contributed by atoms with Crippen LogP contribution in [0.4, 0.5) is 0 Å². The number of carbonyl (C=O) groups excluding carboxylic acids is 2. The lowest BCUT2D eigenvalue weighted by atomic mass is 9.87. The van der Waals surface area contributed by atoms with Crippen LogP contribution in [0, 0.1) is 5.92 Å². The van der Waals surface area contributed by atoms with Crippen molar-refractivity contribution in [2.75, 3.05) is 6.61 Å². The maximum absolute atomic E-state index is 12.0. The molecule has 3 heteroatoms. The van der Waals surface area contributed by atoms with E-state index in [0.29, 0.717) is 18.3 Å². The van der Waals surface area contributed by atoms with Crippen molar-refractivity contribution in [3.8, 4) is 0 Å². The van der Waals surface area contributed by atoms with Gasteiger partial charge < -0.3 is 4.74 Å². The van der Waals surface area contributed by atoms with Crippen LogP contribution in [0.2, 0.25) is 0 Å². The van der Waals surface area contributed by atoms with Crippen LogP contribution in [0.15, 0.2) is 47.6 Å². The van der Waals surface area contributed by atoms with Gasteiger partial charge in [0.25, 0.3) is 0 Å². The summed E-state index contributed by atoms with van der Waals surface area (Å²) < 4.78 is 4.79. The number of ketones is 1. The van der Waals surface area contributed by atoms with E-state index in [1.807, 2.05) is 18.2 Å². The normalized spacial score (nSPS) is 21.4. The van der Waals surface area contributed by atoms with Gasteiger partial charge in [-0.05, 0) is 63.4 Å². The minimum Gasteiger partial charge on any atom is -0.463 e. The van der Waals surface area contributed by atoms with Gasteiger partial charge in [-0.15, -0.1) is 0 Å². The highest BCUT2D eigenvalue weighted by molar-refractivity contribution is 5.99. The molecule has 1 unspecified atom stereocenters. The Morgan fingerprint density at radius 3 is 2.79 bits per heavy atom. The van der Waals surface area contributed by atoms with Crippen LogP contribution >= 0.6 is 0 Å². The van der Waals surface area contributed by atoms with E-state index < -0.39 is 0 Å². The molecule has 1 atom stereocenters. The Bertz CT molecular complexity index is 564. The third-order valence-corrected chi connectivity index (χ3v) is 4.68. The number of hydrogen-bond donors (Lipinski definition) is 0. The molecule has 0 aromatic heterocycles. The summed E-state index contributed by atoms with van der Waals surface area (Å²) in [6.07, 6.45) is 19.6. The minimum atomic E-state index is -0.311. The molecule has 0 fully saturated rings. The van der Waals surface area contributed by atoms with E-state index in [9.17, 15) is 9.59 Å². The molecule has 0 aliphatic heterocycles. The number of ether oxygens (including phenoxy) is 1. The average Bonchev–Trinajstić information content (AvgIpc) is 2.90. The van der Waals surface area contributed by atoms with E-state index in [2.05, 4.69) is 6.08 Å². The van der Waals surface area contributed by atoms with Crippen molar-refractivity contribution < 1.29 is 14.3 Å². The smallest absolute Gasteiger partial charge is 0.330 e. The quantitative estimate of drug-likeness (QED) is 0.277. The number of rotatable bonds is 8. The molecule has 0 aromatic carbocycles. The van der Waals surface area contributed by atoms with Crippen LogP contribution in [-0.4, -0.2) is 18.4 Å². The molecule has 0 radical (unpaired) electrons. The Morgan fingerprint density at radius 2 is 1.96 bits per heavy atom. The van der Waals surface area contributed by atoms with Gasteiger partial charge in [0.1, 0.15) is 0 Å². The second-order valence-electron chi connectivity index (χ2n) is 6.39. The summed E-state index contributed by atoms with van der Waals surface area (Å²) >= 11 is 0. The third kappa shape index (κ3) is 5.63. The van der Waals surface area contributed by atoms with Crippen LogP contribution in [0.25, 0.3) is 0 Å². The Morgan fingerprint density at radius 1 is 1.17 bits per heavy atom. The van der Waals surface area contributed by atoms with E-state index in [-0.39, 0.29) is 5.97 Å². The highest BCUT2D eigenvalue weighted by atomic mass is 16.5. The first-order valence-corrected chi connectivity index (χ1v) is 9.14. The molecular formula is C21H28O3. The van der Waals surface area contributed by atoms with Crippen molar-refractivity contribution >= 4 is 11.8 Å². The van der Waals surface area contributed by atoms with Gasteiger partial charge in [-0.3, -0.25) is 4.79 Å². The third-order valence-electron chi connectivity index (χ3n) is 4.68. The molecule has 0 bridgehead atoms. The van der Waals surface area contributed by atoms with E-state index in [1.165, 1.54) is 30.1 Å². The van der Waals surface area contributed by atoms with Gasteiger partial charge in [-0.25, -0.2) is 4.79 Å². The summed E-state index contributed by atoms with van der Waals surface area (Å²) in [6.45, 7) is 2.19. The second kappa shape index (κ2) is 10.1. The molecule has 2 aliphatic rings. The van der Waals surface area contributed by atoms with Gasteiger partial charge in [-0.2, -0.15) is 0 Å². The fourth-order valence-corrected chi connectivity index (χ4v) is 3.55. The number of unbranched alkanes of at least 4 members (excludes halogenated alkanes) is 1. The standard InChI is InChI=1S/C21H28O3/c1-2-24-21(23)15-9-7-5-3-4-6-8-12-17-16-20(22)19-14-11-10-13-18(17)19/h3-5,7,9,15,17H,2,6,8,10-14,16H2,1H3/b4-3+,7-5+,15-9+. The lowest BCUT2D eigenvalue weighted by Crippen LogP contribution is -2.03. The molecule has 3 nitrogen and oxygen atoms in total. The summed E-state index contributed by atoms with van der Waals surface area (Å²) in [5, 5.41) is 0. The number of allylic oxidation sites excluding steroid dienone is 7. The lowest BCUT2D eigenvalue weighted by molar-refractivity contribution is -0.137. The van der Waals surface area contributed by atoms with Crippen molar-refractivity contribution in [2.45, 2.75) is 58.3 Å². The van der Waals surface area contributed by atoms with Crippen molar-refractivity contribution in [3.63, 3.8) is 0 Å². The maximum atomic E-state index is 12.0. The van der Waals surface area contributed by atoms with Crippen LogP contribution in [0.5, 0.6) is 0 Å². The van der Waals surface area contributed by atoms with Gasteiger partial charge in [0.15, 0.2) is 5.78 Å². The Hall–Kier alpha value is -1.90. The Balaban J connectivity index is 1.64. The molecule has 0 saturated heterocycles. The summed E-state index contributed by atoms with van der Waals surface area (Å²) in [5.41, 5.74) is 2.66. The first-order chi connectivity index (χ1) is 11.7. The Labute approximate surface area is 145 Å². The topological polar surface area (TPSA) is 43.4 Å². The van der Waals surface area contributed by atoms with Crippen molar-refractivity contribution in [1.29, 1.82) is 0 Å². The molecule has 0 amide bonds. The fraction of sp³-hybridized carbons (Fsp3) is 0.524. The zero-order valence-corrected chi connectivity index (χ0v) is 14.6. The first-order valence-electron chi connectivity index (χ1n) is 9.14. The fourth-order valence-electron chi connectivity index (χ4n) is 3.55. The molecule has 24 heavy (non-hydrogen) atoms.